The Morgan fingerprint density at radius 3 is 1.09 bits per heavy atom. The van der Waals surface area contributed by atoms with Crippen LogP contribution in [0, 0.1) is 0 Å². The summed E-state index contributed by atoms with van der Waals surface area (Å²) in [5, 5.41) is 0. The Morgan fingerprint density at radius 1 is 0.225 bits per heavy atom. The van der Waals surface area contributed by atoms with Gasteiger partial charge in [-0.1, -0.05) is 224 Å². The Kier molecular flexibility index (Phi) is 12.7. The van der Waals surface area contributed by atoms with Crippen LogP contribution in [-0.4, -0.2) is 14.1 Å². The van der Waals surface area contributed by atoms with E-state index in [-0.39, 0.29) is 0 Å². The Hall–Kier alpha value is -9.76. The molecule has 3 aliphatic carbocycles. The maximum Gasteiger partial charge on any atom is 0.0414 e. The van der Waals surface area contributed by atoms with Crippen molar-refractivity contribution in [3.63, 3.8) is 0 Å². The summed E-state index contributed by atoms with van der Waals surface area (Å²) in [6, 6.07) is 102. The van der Waals surface area contributed by atoms with Gasteiger partial charge in [-0.25, -0.2) is 0 Å². The standard InChI is InChI=1S/C39H29N.C39H31N/c1-40(34-18-15-26(16-19-34)28-17-20-38-33(21-28)23-31-8-2-4-11-36(31)38)35-10-6-9-27(24-35)29-13-14-32-22-30-7-3-5-12-37(30)39(32)25-29;1-40(37-12-7-11-32(27-37)30-16-14-29(15-17-30)24-28-8-3-2-4-9-28)36-21-18-31(19-22-36)33-20-23-39-35(25-33)26-34-10-5-6-13-38(34)39/h2-21,24-25H,22-23H2,1H3;2-23,25,27H,24,26H2,1H3. The Labute approximate surface area is 471 Å². The van der Waals surface area contributed by atoms with E-state index >= 15 is 0 Å². The van der Waals surface area contributed by atoms with Crippen molar-refractivity contribution in [2.24, 2.45) is 0 Å². The lowest BCUT2D eigenvalue weighted by atomic mass is 9.98. The summed E-state index contributed by atoms with van der Waals surface area (Å²) >= 11 is 0. The van der Waals surface area contributed by atoms with E-state index in [4.69, 9.17) is 0 Å². The van der Waals surface area contributed by atoms with Gasteiger partial charge in [0.05, 0.1) is 0 Å². The highest BCUT2D eigenvalue weighted by molar-refractivity contribution is 5.85. The molecule has 382 valence electrons. The summed E-state index contributed by atoms with van der Waals surface area (Å²) < 4.78 is 0. The number of hydrogen-bond donors (Lipinski definition) is 0. The van der Waals surface area contributed by atoms with Gasteiger partial charge in [0.25, 0.3) is 0 Å². The molecule has 15 rings (SSSR count). The van der Waals surface area contributed by atoms with Gasteiger partial charge in [-0.3, -0.25) is 0 Å². The molecule has 0 fully saturated rings. The first-order chi connectivity index (χ1) is 39.4. The van der Waals surface area contributed by atoms with Crippen molar-refractivity contribution in [3.8, 4) is 77.9 Å². The molecule has 0 N–H and O–H groups in total. The predicted octanol–water partition coefficient (Wildman–Crippen LogP) is 19.9. The van der Waals surface area contributed by atoms with E-state index in [0.29, 0.717) is 0 Å². The number of benzene rings is 12. The molecule has 80 heavy (non-hydrogen) atoms. The number of fused-ring (bicyclic) bond motifs is 9. The van der Waals surface area contributed by atoms with Gasteiger partial charge in [0.2, 0.25) is 0 Å². The zero-order valence-electron chi connectivity index (χ0n) is 45.3. The first-order valence-electron chi connectivity index (χ1n) is 28.1. The van der Waals surface area contributed by atoms with Crippen molar-refractivity contribution in [2.45, 2.75) is 25.7 Å². The third kappa shape index (κ3) is 9.50. The maximum absolute atomic E-state index is 2.37. The van der Waals surface area contributed by atoms with Gasteiger partial charge in [-0.15, -0.1) is 0 Å². The summed E-state index contributed by atoms with van der Waals surface area (Å²) in [5.74, 6) is 0. The topological polar surface area (TPSA) is 6.48 Å². The monoisotopic (exact) mass is 1020 g/mol. The fraction of sp³-hybridized carbons (Fsp3) is 0.0769. The van der Waals surface area contributed by atoms with Crippen LogP contribution in [0.3, 0.4) is 0 Å². The lowest BCUT2D eigenvalue weighted by Gasteiger charge is -2.21. The van der Waals surface area contributed by atoms with Crippen LogP contribution in [0.2, 0.25) is 0 Å². The minimum absolute atomic E-state index is 0.957. The first kappa shape index (κ1) is 48.6. The smallest absolute Gasteiger partial charge is 0.0414 e. The SMILES string of the molecule is CN(c1ccc(-c2ccc3c(c2)Cc2ccccc2-3)cc1)c1cccc(-c2ccc(Cc3ccccc3)cc2)c1.CN(c1ccc(-c2ccc3c(c2)Cc2ccccc2-3)cc1)c1cccc(-c2ccc3c(c2)-c2ccccc2C3)c1. The molecule has 2 nitrogen and oxygen atoms in total. The highest BCUT2D eigenvalue weighted by Gasteiger charge is 2.21. The molecule has 0 spiro atoms. The van der Waals surface area contributed by atoms with E-state index in [1.165, 1.54) is 145 Å². The molecule has 12 aromatic carbocycles. The number of rotatable bonds is 10. The zero-order valence-corrected chi connectivity index (χ0v) is 45.3. The lowest BCUT2D eigenvalue weighted by molar-refractivity contribution is 1.19. The second kappa shape index (κ2) is 20.9. The largest absolute Gasteiger partial charge is 0.345 e. The van der Waals surface area contributed by atoms with Crippen molar-refractivity contribution in [1.29, 1.82) is 0 Å². The van der Waals surface area contributed by atoms with Crippen molar-refractivity contribution < 1.29 is 0 Å². The summed E-state index contributed by atoms with van der Waals surface area (Å²) in [4.78, 5) is 4.53. The highest BCUT2D eigenvalue weighted by atomic mass is 15.1. The van der Waals surface area contributed by atoms with Crippen LogP contribution in [0.4, 0.5) is 22.7 Å². The van der Waals surface area contributed by atoms with E-state index in [9.17, 15) is 0 Å². The molecule has 0 unspecified atom stereocenters. The van der Waals surface area contributed by atoms with Crippen LogP contribution in [0.15, 0.2) is 279 Å². The average molecular weight is 1030 g/mol. The highest BCUT2D eigenvalue weighted by Crippen LogP contribution is 2.43. The van der Waals surface area contributed by atoms with E-state index in [2.05, 4.69) is 303 Å². The van der Waals surface area contributed by atoms with E-state index < -0.39 is 0 Å². The number of nitrogens with zero attached hydrogens (tertiary/aromatic N) is 2. The van der Waals surface area contributed by atoms with Crippen molar-refractivity contribution in [3.05, 3.63) is 324 Å². The van der Waals surface area contributed by atoms with Crippen LogP contribution in [-0.2, 0) is 25.7 Å². The second-order valence-electron chi connectivity index (χ2n) is 21.8. The molecule has 3 aliphatic rings. The summed E-state index contributed by atoms with van der Waals surface area (Å²) in [6.07, 6.45) is 4.03. The molecule has 0 saturated heterocycles. The van der Waals surface area contributed by atoms with Gasteiger partial charge in [-0.05, 0) is 203 Å². The summed E-state index contributed by atoms with van der Waals surface area (Å²) in [5.41, 5.74) is 34.2. The summed E-state index contributed by atoms with van der Waals surface area (Å²) in [7, 11) is 4.30. The predicted molar refractivity (Wildman–Crippen MR) is 338 cm³/mol. The van der Waals surface area contributed by atoms with Gasteiger partial charge < -0.3 is 9.80 Å². The molecule has 0 bridgehead atoms. The minimum atomic E-state index is 0.957. The fourth-order valence-corrected chi connectivity index (χ4v) is 12.4. The van der Waals surface area contributed by atoms with Gasteiger partial charge in [0, 0.05) is 36.8 Å². The average Bonchev–Trinajstić information content (AvgIpc) is 4.23. The molecule has 0 aromatic heterocycles. The zero-order chi connectivity index (χ0) is 53.5. The van der Waals surface area contributed by atoms with Gasteiger partial charge >= 0.3 is 0 Å². The normalized spacial score (nSPS) is 12.0. The van der Waals surface area contributed by atoms with Gasteiger partial charge in [0.1, 0.15) is 0 Å². The van der Waals surface area contributed by atoms with Crippen LogP contribution in [0.5, 0.6) is 0 Å². The molecule has 0 amide bonds. The van der Waals surface area contributed by atoms with Crippen molar-refractivity contribution in [1.82, 2.24) is 0 Å². The van der Waals surface area contributed by atoms with Gasteiger partial charge in [-0.2, -0.15) is 0 Å². The summed E-state index contributed by atoms with van der Waals surface area (Å²) in [6.45, 7) is 0. The van der Waals surface area contributed by atoms with Crippen LogP contribution >= 0.6 is 0 Å². The fourth-order valence-electron chi connectivity index (χ4n) is 12.4. The molecular formula is C78H60N2. The van der Waals surface area contributed by atoms with Gasteiger partial charge in [0.15, 0.2) is 0 Å². The Morgan fingerprint density at radius 2 is 0.575 bits per heavy atom. The molecule has 0 aliphatic heterocycles. The van der Waals surface area contributed by atoms with Crippen LogP contribution in [0.25, 0.3) is 77.9 Å². The third-order valence-corrected chi connectivity index (χ3v) is 16.9. The number of anilines is 4. The van der Waals surface area contributed by atoms with E-state index in [1.54, 1.807) is 0 Å². The third-order valence-electron chi connectivity index (χ3n) is 16.9. The quantitative estimate of drug-likeness (QED) is 0.135. The van der Waals surface area contributed by atoms with E-state index in [0.717, 1.165) is 25.7 Å². The molecule has 2 heteroatoms. The molecule has 0 atom stereocenters. The minimum Gasteiger partial charge on any atom is -0.345 e. The Balaban J connectivity index is 0.000000144. The number of hydrogen-bond acceptors (Lipinski definition) is 2. The van der Waals surface area contributed by atoms with Crippen molar-refractivity contribution >= 4 is 22.7 Å². The Bertz CT molecular complexity index is 4250. The lowest BCUT2D eigenvalue weighted by Crippen LogP contribution is -2.09. The first-order valence-corrected chi connectivity index (χ1v) is 28.1. The molecular weight excluding hydrogens is 965 g/mol. The molecule has 0 saturated carbocycles. The molecule has 0 heterocycles. The van der Waals surface area contributed by atoms with Crippen LogP contribution < -0.4 is 9.80 Å². The molecule has 12 aromatic rings. The second-order valence-corrected chi connectivity index (χ2v) is 21.8. The maximum atomic E-state index is 2.37. The molecule has 0 radical (unpaired) electrons. The van der Waals surface area contributed by atoms with E-state index in [1.807, 2.05) is 0 Å². The van der Waals surface area contributed by atoms with Crippen molar-refractivity contribution in [2.75, 3.05) is 23.9 Å². The van der Waals surface area contributed by atoms with Crippen LogP contribution in [0.1, 0.15) is 44.5 Å².